The van der Waals surface area contributed by atoms with Gasteiger partial charge in [0.05, 0.1) is 6.04 Å². The van der Waals surface area contributed by atoms with Crippen molar-refractivity contribution >= 4 is 5.91 Å². The van der Waals surface area contributed by atoms with Crippen molar-refractivity contribution in [2.24, 2.45) is 5.92 Å². The average molecular weight is 262 g/mol. The standard InChI is InChI=1S/C15H22N2O2/c1-10(2)14-9-12(16-19-14)13-7-4-8-17(13)15(18)11-5-3-6-11/h9-11,13H,3-8H2,1-2H3/t13-/m0/s1. The fourth-order valence-electron chi connectivity index (χ4n) is 2.96. The smallest absolute Gasteiger partial charge is 0.226 e. The zero-order chi connectivity index (χ0) is 13.4. The van der Waals surface area contributed by atoms with Gasteiger partial charge in [0.2, 0.25) is 5.91 Å². The minimum atomic E-state index is 0.143. The first kappa shape index (κ1) is 12.7. The molecular formula is C15H22N2O2. The molecule has 1 aliphatic carbocycles. The zero-order valence-corrected chi connectivity index (χ0v) is 11.8. The molecule has 2 aliphatic rings. The number of rotatable bonds is 3. The van der Waals surface area contributed by atoms with E-state index in [0.717, 1.165) is 43.7 Å². The molecule has 0 aromatic carbocycles. The van der Waals surface area contributed by atoms with Crippen molar-refractivity contribution in [2.75, 3.05) is 6.54 Å². The van der Waals surface area contributed by atoms with E-state index in [9.17, 15) is 4.79 Å². The normalized spacial score (nSPS) is 23.9. The largest absolute Gasteiger partial charge is 0.361 e. The fraction of sp³-hybridized carbons (Fsp3) is 0.733. The van der Waals surface area contributed by atoms with Gasteiger partial charge in [0, 0.05) is 24.4 Å². The molecule has 0 unspecified atom stereocenters. The van der Waals surface area contributed by atoms with E-state index in [-0.39, 0.29) is 12.0 Å². The molecule has 1 aliphatic heterocycles. The highest BCUT2D eigenvalue weighted by molar-refractivity contribution is 5.80. The molecule has 2 heterocycles. The van der Waals surface area contributed by atoms with Gasteiger partial charge in [0.15, 0.2) is 0 Å². The van der Waals surface area contributed by atoms with Crippen LogP contribution in [0.3, 0.4) is 0 Å². The van der Waals surface area contributed by atoms with Gasteiger partial charge in [-0.1, -0.05) is 25.4 Å². The molecule has 1 saturated carbocycles. The third-order valence-corrected chi connectivity index (χ3v) is 4.45. The molecule has 0 N–H and O–H groups in total. The van der Waals surface area contributed by atoms with E-state index in [1.807, 2.05) is 11.0 Å². The predicted octanol–water partition coefficient (Wildman–Crippen LogP) is 3.26. The van der Waals surface area contributed by atoms with E-state index < -0.39 is 0 Å². The van der Waals surface area contributed by atoms with Crippen molar-refractivity contribution in [3.63, 3.8) is 0 Å². The summed E-state index contributed by atoms with van der Waals surface area (Å²) < 4.78 is 5.38. The number of aromatic nitrogens is 1. The molecule has 0 spiro atoms. The SMILES string of the molecule is CC(C)c1cc([C@@H]2CCCN2C(=O)C2CCC2)no1. The van der Waals surface area contributed by atoms with Crippen LogP contribution in [0.5, 0.6) is 0 Å². The molecule has 1 amide bonds. The summed E-state index contributed by atoms with van der Waals surface area (Å²) in [5, 5.41) is 4.19. The first-order valence-corrected chi connectivity index (χ1v) is 7.44. The molecule has 4 nitrogen and oxygen atoms in total. The van der Waals surface area contributed by atoms with Gasteiger partial charge in [-0.15, -0.1) is 0 Å². The van der Waals surface area contributed by atoms with E-state index in [1.165, 1.54) is 6.42 Å². The van der Waals surface area contributed by atoms with Crippen LogP contribution in [-0.4, -0.2) is 22.5 Å². The van der Waals surface area contributed by atoms with Gasteiger partial charge < -0.3 is 9.42 Å². The van der Waals surface area contributed by atoms with E-state index in [0.29, 0.717) is 11.8 Å². The second-order valence-electron chi connectivity index (χ2n) is 6.13. The van der Waals surface area contributed by atoms with Crippen molar-refractivity contribution in [1.82, 2.24) is 10.1 Å². The van der Waals surface area contributed by atoms with Crippen LogP contribution < -0.4 is 0 Å². The maximum absolute atomic E-state index is 12.4. The maximum Gasteiger partial charge on any atom is 0.226 e. The summed E-state index contributed by atoms with van der Waals surface area (Å²) in [6.45, 7) is 5.07. The van der Waals surface area contributed by atoms with Gasteiger partial charge in [-0.2, -0.15) is 0 Å². The van der Waals surface area contributed by atoms with Crippen LogP contribution >= 0.6 is 0 Å². The second kappa shape index (κ2) is 4.99. The van der Waals surface area contributed by atoms with E-state index >= 15 is 0 Å². The lowest BCUT2D eigenvalue weighted by molar-refractivity contribution is -0.139. The van der Waals surface area contributed by atoms with Crippen molar-refractivity contribution in [1.29, 1.82) is 0 Å². The molecule has 1 saturated heterocycles. The Morgan fingerprint density at radius 3 is 2.74 bits per heavy atom. The first-order valence-electron chi connectivity index (χ1n) is 7.44. The van der Waals surface area contributed by atoms with Crippen LogP contribution in [0, 0.1) is 5.92 Å². The van der Waals surface area contributed by atoms with Gasteiger partial charge in [0.25, 0.3) is 0 Å². The number of carbonyl (C=O) groups is 1. The Kier molecular flexibility index (Phi) is 3.33. The Balaban J connectivity index is 1.76. The molecule has 1 atom stereocenters. The number of likely N-dealkylation sites (tertiary alicyclic amines) is 1. The quantitative estimate of drug-likeness (QED) is 0.840. The van der Waals surface area contributed by atoms with E-state index in [1.54, 1.807) is 0 Å². The minimum Gasteiger partial charge on any atom is -0.361 e. The minimum absolute atomic E-state index is 0.143. The molecule has 3 rings (SSSR count). The fourth-order valence-corrected chi connectivity index (χ4v) is 2.96. The zero-order valence-electron chi connectivity index (χ0n) is 11.8. The highest BCUT2D eigenvalue weighted by Gasteiger charge is 2.37. The topological polar surface area (TPSA) is 46.3 Å². The number of carbonyl (C=O) groups excluding carboxylic acids is 1. The molecule has 1 aromatic heterocycles. The highest BCUT2D eigenvalue weighted by atomic mass is 16.5. The third-order valence-electron chi connectivity index (χ3n) is 4.45. The van der Waals surface area contributed by atoms with Crippen LogP contribution in [-0.2, 0) is 4.79 Å². The Morgan fingerprint density at radius 2 is 2.16 bits per heavy atom. The van der Waals surface area contributed by atoms with Crippen molar-refractivity contribution in [3.8, 4) is 0 Å². The number of amides is 1. The van der Waals surface area contributed by atoms with Crippen LogP contribution in [0.25, 0.3) is 0 Å². The summed E-state index contributed by atoms with van der Waals surface area (Å²) in [4.78, 5) is 14.5. The predicted molar refractivity (Wildman–Crippen MR) is 71.6 cm³/mol. The van der Waals surface area contributed by atoms with Gasteiger partial charge in [-0.05, 0) is 25.7 Å². The second-order valence-corrected chi connectivity index (χ2v) is 6.13. The monoisotopic (exact) mass is 262 g/mol. The molecule has 2 fully saturated rings. The molecule has 0 radical (unpaired) electrons. The van der Waals surface area contributed by atoms with Gasteiger partial charge in [-0.3, -0.25) is 4.79 Å². The summed E-state index contributed by atoms with van der Waals surface area (Å²) >= 11 is 0. The Morgan fingerprint density at radius 1 is 1.37 bits per heavy atom. The van der Waals surface area contributed by atoms with Crippen LogP contribution in [0.15, 0.2) is 10.6 Å². The van der Waals surface area contributed by atoms with Crippen molar-refractivity contribution in [3.05, 3.63) is 17.5 Å². The van der Waals surface area contributed by atoms with Gasteiger partial charge in [0.1, 0.15) is 11.5 Å². The van der Waals surface area contributed by atoms with E-state index in [4.69, 9.17) is 4.52 Å². The lowest BCUT2D eigenvalue weighted by Crippen LogP contribution is -2.38. The molecule has 4 heteroatoms. The summed E-state index contributed by atoms with van der Waals surface area (Å²) in [6.07, 6.45) is 5.43. The molecule has 104 valence electrons. The highest BCUT2D eigenvalue weighted by Crippen LogP contribution is 2.37. The molecule has 19 heavy (non-hydrogen) atoms. The van der Waals surface area contributed by atoms with Crippen LogP contribution in [0.2, 0.25) is 0 Å². The Hall–Kier alpha value is -1.32. The van der Waals surface area contributed by atoms with Crippen LogP contribution in [0.1, 0.15) is 69.4 Å². The summed E-state index contributed by atoms with van der Waals surface area (Å²) in [7, 11) is 0. The van der Waals surface area contributed by atoms with Crippen molar-refractivity contribution < 1.29 is 9.32 Å². The molecule has 0 bridgehead atoms. The Bertz CT molecular complexity index is 462. The van der Waals surface area contributed by atoms with Gasteiger partial charge >= 0.3 is 0 Å². The number of nitrogens with zero attached hydrogens (tertiary/aromatic N) is 2. The Labute approximate surface area is 114 Å². The number of hydrogen-bond acceptors (Lipinski definition) is 3. The summed E-state index contributed by atoms with van der Waals surface area (Å²) in [6, 6.07) is 2.17. The average Bonchev–Trinajstić information content (AvgIpc) is 2.95. The van der Waals surface area contributed by atoms with Crippen LogP contribution in [0.4, 0.5) is 0 Å². The first-order chi connectivity index (χ1) is 9.16. The van der Waals surface area contributed by atoms with Crippen molar-refractivity contribution in [2.45, 2.75) is 57.9 Å². The maximum atomic E-state index is 12.4. The molecular weight excluding hydrogens is 240 g/mol. The summed E-state index contributed by atoms with van der Waals surface area (Å²) in [5.41, 5.74) is 0.939. The molecule has 1 aromatic rings. The summed E-state index contributed by atoms with van der Waals surface area (Å²) in [5.74, 6) is 1.87. The van der Waals surface area contributed by atoms with E-state index in [2.05, 4.69) is 19.0 Å². The lowest BCUT2D eigenvalue weighted by atomic mass is 9.84. The van der Waals surface area contributed by atoms with Gasteiger partial charge in [-0.25, -0.2) is 0 Å². The third kappa shape index (κ3) is 2.28. The lowest BCUT2D eigenvalue weighted by Gasteiger charge is -2.32. The number of hydrogen-bond donors (Lipinski definition) is 0.